The minimum atomic E-state index is 0.0974. The summed E-state index contributed by atoms with van der Waals surface area (Å²) >= 11 is 0. The van der Waals surface area contributed by atoms with Crippen LogP contribution in [0.5, 0.6) is 0 Å². The van der Waals surface area contributed by atoms with Crippen LogP contribution in [0.3, 0.4) is 0 Å². The van der Waals surface area contributed by atoms with E-state index >= 15 is 0 Å². The van der Waals surface area contributed by atoms with Gasteiger partial charge in [0.1, 0.15) is 0 Å². The SMILES string of the molecule is CCCN(CCC)C(=O)c1cnn(CCCN)c1C. The highest BCUT2D eigenvalue weighted by molar-refractivity contribution is 5.95. The topological polar surface area (TPSA) is 64.2 Å². The van der Waals surface area contributed by atoms with Gasteiger partial charge in [-0.3, -0.25) is 9.48 Å². The summed E-state index contributed by atoms with van der Waals surface area (Å²) in [6.07, 6.45) is 4.52. The maximum atomic E-state index is 12.5. The Morgan fingerprint density at radius 2 is 2.00 bits per heavy atom. The first-order valence-electron chi connectivity index (χ1n) is 7.17. The molecule has 0 bridgehead atoms. The molecule has 1 rings (SSSR count). The van der Waals surface area contributed by atoms with Gasteiger partial charge >= 0.3 is 0 Å². The second-order valence-electron chi connectivity index (χ2n) is 4.80. The van der Waals surface area contributed by atoms with Crippen molar-refractivity contribution >= 4 is 5.91 Å². The highest BCUT2D eigenvalue weighted by Gasteiger charge is 2.19. The van der Waals surface area contributed by atoms with Crippen molar-refractivity contribution in [3.8, 4) is 0 Å². The highest BCUT2D eigenvalue weighted by atomic mass is 16.2. The normalized spacial score (nSPS) is 10.7. The van der Waals surface area contributed by atoms with Crippen LogP contribution in [0.25, 0.3) is 0 Å². The van der Waals surface area contributed by atoms with Crippen molar-refractivity contribution in [1.82, 2.24) is 14.7 Å². The fraction of sp³-hybridized carbons (Fsp3) is 0.714. The average Bonchev–Trinajstić information content (AvgIpc) is 2.76. The fourth-order valence-electron chi connectivity index (χ4n) is 2.15. The molecule has 1 aromatic rings. The largest absolute Gasteiger partial charge is 0.339 e. The van der Waals surface area contributed by atoms with E-state index in [0.29, 0.717) is 6.54 Å². The molecule has 0 aliphatic carbocycles. The Balaban J connectivity index is 2.82. The summed E-state index contributed by atoms with van der Waals surface area (Å²) < 4.78 is 1.87. The zero-order chi connectivity index (χ0) is 14.3. The molecule has 0 atom stereocenters. The Hall–Kier alpha value is -1.36. The van der Waals surface area contributed by atoms with Crippen LogP contribution in [0.4, 0.5) is 0 Å². The van der Waals surface area contributed by atoms with Crippen molar-refractivity contribution in [3.63, 3.8) is 0 Å². The van der Waals surface area contributed by atoms with E-state index in [0.717, 1.165) is 50.2 Å². The van der Waals surface area contributed by atoms with E-state index in [9.17, 15) is 4.79 Å². The third-order valence-corrected chi connectivity index (χ3v) is 3.18. The van der Waals surface area contributed by atoms with E-state index in [4.69, 9.17) is 5.73 Å². The zero-order valence-corrected chi connectivity index (χ0v) is 12.4. The number of carbonyl (C=O) groups excluding carboxylic acids is 1. The van der Waals surface area contributed by atoms with Gasteiger partial charge in [-0.2, -0.15) is 5.10 Å². The lowest BCUT2D eigenvalue weighted by Crippen LogP contribution is -2.32. The molecule has 1 aromatic heterocycles. The smallest absolute Gasteiger partial charge is 0.257 e. The standard InChI is InChI=1S/C14H26N4O/c1-4-8-17(9-5-2)14(19)13-11-16-18(12(13)3)10-6-7-15/h11H,4-10,15H2,1-3H3. The van der Waals surface area contributed by atoms with E-state index in [1.54, 1.807) is 6.20 Å². The van der Waals surface area contributed by atoms with Crippen LogP contribution >= 0.6 is 0 Å². The molecule has 0 aliphatic heterocycles. The maximum Gasteiger partial charge on any atom is 0.257 e. The maximum absolute atomic E-state index is 12.5. The monoisotopic (exact) mass is 266 g/mol. The molecule has 5 heteroatoms. The van der Waals surface area contributed by atoms with Crippen LogP contribution < -0.4 is 5.73 Å². The summed E-state index contributed by atoms with van der Waals surface area (Å²) in [6.45, 7) is 9.16. The molecule has 0 unspecified atom stereocenters. The number of carbonyl (C=O) groups is 1. The molecule has 108 valence electrons. The summed E-state index contributed by atoms with van der Waals surface area (Å²) in [5.74, 6) is 0.0974. The average molecular weight is 266 g/mol. The van der Waals surface area contributed by atoms with Crippen molar-refractivity contribution in [3.05, 3.63) is 17.5 Å². The molecule has 0 saturated heterocycles. The van der Waals surface area contributed by atoms with Gasteiger partial charge in [-0.15, -0.1) is 0 Å². The predicted molar refractivity (Wildman–Crippen MR) is 77.1 cm³/mol. The lowest BCUT2D eigenvalue weighted by atomic mass is 10.2. The molecule has 0 radical (unpaired) electrons. The van der Waals surface area contributed by atoms with Crippen molar-refractivity contribution in [2.75, 3.05) is 19.6 Å². The number of hydrogen-bond donors (Lipinski definition) is 1. The van der Waals surface area contributed by atoms with E-state index in [-0.39, 0.29) is 5.91 Å². The van der Waals surface area contributed by atoms with E-state index in [2.05, 4.69) is 18.9 Å². The minimum Gasteiger partial charge on any atom is -0.339 e. The predicted octanol–water partition coefficient (Wildman–Crippen LogP) is 1.80. The van der Waals surface area contributed by atoms with Gasteiger partial charge in [-0.1, -0.05) is 13.8 Å². The summed E-state index contributed by atoms with van der Waals surface area (Å²) in [5.41, 5.74) is 7.17. The molecule has 0 aliphatic rings. The Bertz CT molecular complexity index is 394. The third-order valence-electron chi connectivity index (χ3n) is 3.18. The first-order valence-corrected chi connectivity index (χ1v) is 7.17. The molecule has 0 fully saturated rings. The molecular formula is C14H26N4O. The fourth-order valence-corrected chi connectivity index (χ4v) is 2.15. The van der Waals surface area contributed by atoms with Crippen molar-refractivity contribution in [1.29, 1.82) is 0 Å². The minimum absolute atomic E-state index is 0.0974. The number of hydrogen-bond acceptors (Lipinski definition) is 3. The molecule has 0 saturated carbocycles. The van der Waals surface area contributed by atoms with Gasteiger partial charge in [0, 0.05) is 25.3 Å². The van der Waals surface area contributed by atoms with Crippen LogP contribution in [0.1, 0.15) is 49.2 Å². The second-order valence-corrected chi connectivity index (χ2v) is 4.80. The first-order chi connectivity index (χ1) is 9.15. The molecule has 19 heavy (non-hydrogen) atoms. The Morgan fingerprint density at radius 3 is 2.53 bits per heavy atom. The van der Waals surface area contributed by atoms with Crippen molar-refractivity contribution in [2.24, 2.45) is 5.73 Å². The van der Waals surface area contributed by atoms with Gasteiger partial charge in [-0.25, -0.2) is 0 Å². The molecular weight excluding hydrogens is 240 g/mol. The summed E-state index contributed by atoms with van der Waals surface area (Å²) in [4.78, 5) is 14.4. The summed E-state index contributed by atoms with van der Waals surface area (Å²) in [6, 6.07) is 0. The molecule has 1 amide bonds. The Morgan fingerprint density at radius 1 is 1.37 bits per heavy atom. The second kappa shape index (κ2) is 7.94. The van der Waals surface area contributed by atoms with Crippen LogP contribution in [0.15, 0.2) is 6.20 Å². The lowest BCUT2D eigenvalue weighted by Gasteiger charge is -2.21. The quantitative estimate of drug-likeness (QED) is 0.780. The summed E-state index contributed by atoms with van der Waals surface area (Å²) in [5, 5.41) is 4.29. The highest BCUT2D eigenvalue weighted by Crippen LogP contribution is 2.12. The van der Waals surface area contributed by atoms with Crippen LogP contribution in [0, 0.1) is 6.92 Å². The van der Waals surface area contributed by atoms with Gasteiger partial charge in [-0.05, 0) is 32.7 Å². The Kier molecular flexibility index (Phi) is 6.56. The van der Waals surface area contributed by atoms with Crippen LogP contribution in [0.2, 0.25) is 0 Å². The van der Waals surface area contributed by atoms with Crippen molar-refractivity contribution < 1.29 is 4.79 Å². The Labute approximate surface area is 115 Å². The molecule has 0 aromatic carbocycles. The van der Waals surface area contributed by atoms with Crippen molar-refractivity contribution in [2.45, 2.75) is 46.6 Å². The van der Waals surface area contributed by atoms with Gasteiger partial charge in [0.2, 0.25) is 0 Å². The van der Waals surface area contributed by atoms with E-state index < -0.39 is 0 Å². The van der Waals surface area contributed by atoms with Crippen LogP contribution in [-0.4, -0.2) is 40.2 Å². The molecule has 5 nitrogen and oxygen atoms in total. The van der Waals surface area contributed by atoms with Gasteiger partial charge < -0.3 is 10.6 Å². The molecule has 0 spiro atoms. The summed E-state index contributed by atoms with van der Waals surface area (Å²) in [7, 11) is 0. The van der Waals surface area contributed by atoms with E-state index in [1.165, 1.54) is 0 Å². The van der Waals surface area contributed by atoms with Gasteiger partial charge in [0.05, 0.1) is 11.8 Å². The number of aromatic nitrogens is 2. The lowest BCUT2D eigenvalue weighted by molar-refractivity contribution is 0.0754. The molecule has 2 N–H and O–H groups in total. The number of nitrogens with two attached hydrogens (primary N) is 1. The number of aryl methyl sites for hydroxylation is 1. The van der Waals surface area contributed by atoms with Gasteiger partial charge in [0.15, 0.2) is 0 Å². The zero-order valence-electron chi connectivity index (χ0n) is 12.4. The van der Waals surface area contributed by atoms with E-state index in [1.807, 2.05) is 16.5 Å². The number of nitrogens with zero attached hydrogens (tertiary/aromatic N) is 3. The first kappa shape index (κ1) is 15.7. The molecule has 1 heterocycles. The van der Waals surface area contributed by atoms with Crippen LogP contribution in [-0.2, 0) is 6.54 Å². The number of amides is 1. The third kappa shape index (κ3) is 4.06. The number of rotatable bonds is 8. The van der Waals surface area contributed by atoms with Gasteiger partial charge in [0.25, 0.3) is 5.91 Å².